The van der Waals surface area contributed by atoms with Crippen LogP contribution in [0.1, 0.15) is 57.8 Å². The Labute approximate surface area is 182 Å². The highest BCUT2D eigenvalue weighted by molar-refractivity contribution is 5.92. The highest BCUT2D eigenvalue weighted by Crippen LogP contribution is 2.35. The number of hydrogen-bond donors (Lipinski definition) is 3. The number of amides is 3. The molecule has 3 N–H and O–H groups in total. The molecule has 1 aromatic carbocycles. The normalized spacial score (nSPS) is 26.3. The molecule has 2 bridgehead atoms. The number of carbonyl (C=O) groups excluding carboxylic acids is 2. The van der Waals surface area contributed by atoms with Gasteiger partial charge in [-0.15, -0.1) is 0 Å². The Hall–Kier alpha value is -2.68. The molecule has 31 heavy (non-hydrogen) atoms. The van der Waals surface area contributed by atoms with Crippen molar-refractivity contribution in [1.29, 1.82) is 0 Å². The molecule has 3 amide bonds. The van der Waals surface area contributed by atoms with E-state index in [0.717, 1.165) is 38.5 Å². The second-order valence-electron chi connectivity index (χ2n) is 9.03. The molecule has 2 heterocycles. The summed E-state index contributed by atoms with van der Waals surface area (Å²) in [6.07, 6.45) is 9.51. The van der Waals surface area contributed by atoms with Crippen LogP contribution in [0.5, 0.6) is 0 Å². The van der Waals surface area contributed by atoms with Crippen molar-refractivity contribution < 1.29 is 14.5 Å². The number of non-ortho nitro benzene ring substituents is 1. The fourth-order valence-corrected chi connectivity index (χ4v) is 5.37. The van der Waals surface area contributed by atoms with E-state index in [0.29, 0.717) is 11.7 Å². The number of nitrogens with zero attached hydrogens (tertiary/aromatic N) is 2. The van der Waals surface area contributed by atoms with Gasteiger partial charge in [-0.1, -0.05) is 25.3 Å². The van der Waals surface area contributed by atoms with Crippen LogP contribution in [0.15, 0.2) is 24.3 Å². The average molecular weight is 430 g/mol. The van der Waals surface area contributed by atoms with E-state index < -0.39 is 4.92 Å². The molecule has 4 rings (SSSR count). The maximum Gasteiger partial charge on any atom is 0.315 e. The SMILES string of the molecule is O=C(CN1C2CCC1CC(NC(=O)NC1CCCCC1)C2)Nc1cccc([N+](=O)[O-])c1. The standard InChI is InChI=1S/C22H31N5O4/c28-21(23-16-7-4-8-20(11-16)27(30)31)14-26-18-9-10-19(26)13-17(12-18)25-22(29)24-15-5-2-1-3-6-15/h4,7-8,11,15,17-19H,1-3,5-6,9-10,12-14H2,(H,23,28)(H2,24,25,29). The predicted molar refractivity (Wildman–Crippen MR) is 117 cm³/mol. The van der Waals surface area contributed by atoms with E-state index in [-0.39, 0.29) is 42.3 Å². The zero-order valence-corrected chi connectivity index (χ0v) is 17.7. The van der Waals surface area contributed by atoms with Crippen molar-refractivity contribution in [3.8, 4) is 0 Å². The molecule has 2 saturated heterocycles. The highest BCUT2D eigenvalue weighted by Gasteiger charge is 2.41. The first-order valence-corrected chi connectivity index (χ1v) is 11.3. The molecule has 2 unspecified atom stereocenters. The number of nitro groups is 1. The molecule has 2 aliphatic heterocycles. The monoisotopic (exact) mass is 429 g/mol. The van der Waals surface area contributed by atoms with Crippen LogP contribution in [0.4, 0.5) is 16.2 Å². The molecule has 0 spiro atoms. The van der Waals surface area contributed by atoms with Gasteiger partial charge < -0.3 is 16.0 Å². The Balaban J connectivity index is 1.26. The lowest BCUT2D eigenvalue weighted by atomic mass is 9.95. The molecule has 3 fully saturated rings. The van der Waals surface area contributed by atoms with Gasteiger partial charge in [0.25, 0.3) is 5.69 Å². The van der Waals surface area contributed by atoms with E-state index in [9.17, 15) is 19.7 Å². The predicted octanol–water partition coefficient (Wildman–Crippen LogP) is 3.16. The molecular formula is C22H31N5O4. The van der Waals surface area contributed by atoms with Gasteiger partial charge in [-0.25, -0.2) is 4.79 Å². The van der Waals surface area contributed by atoms with Gasteiger partial charge in [0.1, 0.15) is 0 Å². The van der Waals surface area contributed by atoms with Gasteiger partial charge in [0.05, 0.1) is 11.5 Å². The van der Waals surface area contributed by atoms with Crippen LogP contribution in [0.25, 0.3) is 0 Å². The lowest BCUT2D eigenvalue weighted by Gasteiger charge is -2.39. The van der Waals surface area contributed by atoms with Crippen molar-refractivity contribution in [2.75, 3.05) is 11.9 Å². The van der Waals surface area contributed by atoms with E-state index in [1.165, 1.54) is 31.4 Å². The van der Waals surface area contributed by atoms with Crippen LogP contribution in [-0.4, -0.2) is 52.5 Å². The molecule has 1 saturated carbocycles. The number of urea groups is 1. The van der Waals surface area contributed by atoms with Gasteiger partial charge in [0, 0.05) is 42.0 Å². The molecule has 2 atom stereocenters. The minimum atomic E-state index is -0.474. The minimum Gasteiger partial charge on any atom is -0.335 e. The Kier molecular flexibility index (Phi) is 6.70. The van der Waals surface area contributed by atoms with E-state index in [1.807, 2.05) is 0 Å². The first-order chi connectivity index (χ1) is 15.0. The third-order valence-corrected chi connectivity index (χ3v) is 6.83. The number of nitrogens with one attached hydrogen (secondary N) is 3. The number of rotatable bonds is 6. The molecule has 1 aliphatic carbocycles. The van der Waals surface area contributed by atoms with E-state index in [1.54, 1.807) is 12.1 Å². The van der Waals surface area contributed by atoms with E-state index in [2.05, 4.69) is 20.9 Å². The first kappa shape index (κ1) is 21.5. The molecule has 0 aromatic heterocycles. The zero-order chi connectivity index (χ0) is 21.8. The van der Waals surface area contributed by atoms with Crippen LogP contribution in [0, 0.1) is 10.1 Å². The molecular weight excluding hydrogens is 398 g/mol. The number of carbonyl (C=O) groups is 2. The van der Waals surface area contributed by atoms with E-state index >= 15 is 0 Å². The summed E-state index contributed by atoms with van der Waals surface area (Å²) in [6.45, 7) is 0.263. The molecule has 3 aliphatic rings. The number of fused-ring (bicyclic) bond motifs is 2. The summed E-state index contributed by atoms with van der Waals surface area (Å²) in [5.41, 5.74) is 0.388. The Bertz CT molecular complexity index is 812. The van der Waals surface area contributed by atoms with E-state index in [4.69, 9.17) is 0 Å². The van der Waals surface area contributed by atoms with Gasteiger partial charge in [0.2, 0.25) is 5.91 Å². The summed E-state index contributed by atoms with van der Waals surface area (Å²) >= 11 is 0. The molecule has 168 valence electrons. The van der Waals surface area contributed by atoms with Crippen molar-refractivity contribution in [2.45, 2.75) is 82.0 Å². The lowest BCUT2D eigenvalue weighted by Crippen LogP contribution is -2.54. The number of anilines is 1. The molecule has 1 aromatic rings. The van der Waals surface area contributed by atoms with Crippen LogP contribution >= 0.6 is 0 Å². The van der Waals surface area contributed by atoms with Crippen LogP contribution in [0.3, 0.4) is 0 Å². The third-order valence-electron chi connectivity index (χ3n) is 6.83. The molecule has 9 heteroatoms. The number of piperidine rings is 1. The molecule has 0 radical (unpaired) electrons. The second kappa shape index (κ2) is 9.64. The summed E-state index contributed by atoms with van der Waals surface area (Å²) in [5.74, 6) is -0.168. The van der Waals surface area contributed by atoms with Gasteiger partial charge in [-0.2, -0.15) is 0 Å². The van der Waals surface area contributed by atoms with Gasteiger partial charge in [0.15, 0.2) is 0 Å². The fourth-order valence-electron chi connectivity index (χ4n) is 5.37. The van der Waals surface area contributed by atoms with Crippen LogP contribution < -0.4 is 16.0 Å². The maximum atomic E-state index is 12.6. The summed E-state index contributed by atoms with van der Waals surface area (Å²) in [6, 6.07) is 6.90. The van der Waals surface area contributed by atoms with Crippen molar-refractivity contribution in [3.05, 3.63) is 34.4 Å². The third kappa shape index (κ3) is 5.52. The zero-order valence-electron chi connectivity index (χ0n) is 17.7. The number of nitro benzene ring substituents is 1. The quantitative estimate of drug-likeness (QED) is 0.474. The van der Waals surface area contributed by atoms with Crippen LogP contribution in [0.2, 0.25) is 0 Å². The topological polar surface area (TPSA) is 117 Å². The van der Waals surface area contributed by atoms with Crippen molar-refractivity contribution in [2.24, 2.45) is 0 Å². The Morgan fingerprint density at radius 3 is 2.35 bits per heavy atom. The average Bonchev–Trinajstić information content (AvgIpc) is 2.96. The van der Waals surface area contributed by atoms with Gasteiger partial charge >= 0.3 is 6.03 Å². The summed E-state index contributed by atoms with van der Waals surface area (Å²) in [4.78, 5) is 37.6. The fraction of sp³-hybridized carbons (Fsp3) is 0.636. The maximum absolute atomic E-state index is 12.6. The summed E-state index contributed by atoms with van der Waals surface area (Å²) < 4.78 is 0. The second-order valence-corrected chi connectivity index (χ2v) is 9.03. The Morgan fingerprint density at radius 1 is 1.00 bits per heavy atom. The largest absolute Gasteiger partial charge is 0.335 e. The van der Waals surface area contributed by atoms with Crippen LogP contribution in [-0.2, 0) is 4.79 Å². The number of hydrogen-bond acceptors (Lipinski definition) is 5. The lowest BCUT2D eigenvalue weighted by molar-refractivity contribution is -0.384. The van der Waals surface area contributed by atoms with Gasteiger partial charge in [-0.05, 0) is 44.6 Å². The number of benzene rings is 1. The van der Waals surface area contributed by atoms with Crippen molar-refractivity contribution >= 4 is 23.3 Å². The minimum absolute atomic E-state index is 0.0451. The van der Waals surface area contributed by atoms with Crippen molar-refractivity contribution in [3.63, 3.8) is 0 Å². The summed E-state index contributed by atoms with van der Waals surface area (Å²) in [5, 5.41) is 20.0. The first-order valence-electron chi connectivity index (χ1n) is 11.3. The molecule has 9 nitrogen and oxygen atoms in total. The smallest absolute Gasteiger partial charge is 0.315 e. The van der Waals surface area contributed by atoms with Gasteiger partial charge in [-0.3, -0.25) is 19.8 Å². The Morgan fingerprint density at radius 2 is 1.68 bits per heavy atom. The van der Waals surface area contributed by atoms with Crippen molar-refractivity contribution in [1.82, 2.24) is 15.5 Å². The highest BCUT2D eigenvalue weighted by atomic mass is 16.6. The summed E-state index contributed by atoms with van der Waals surface area (Å²) in [7, 11) is 0.